The number of amides is 2. The molecule has 1 fully saturated rings. The normalized spacial score (nSPS) is 16.5. The topological polar surface area (TPSA) is 65.2 Å². The number of benzene rings is 2. The van der Waals surface area contributed by atoms with Crippen molar-refractivity contribution in [2.75, 3.05) is 19.6 Å². The maximum atomic E-state index is 12.8. The van der Waals surface area contributed by atoms with Crippen LogP contribution in [0.5, 0.6) is 0 Å². The number of nitrogens with zero attached hydrogens (tertiary/aromatic N) is 1. The lowest BCUT2D eigenvalue weighted by molar-refractivity contribution is -0.135. The summed E-state index contributed by atoms with van der Waals surface area (Å²) < 4.78 is 0. The Hall–Kier alpha value is -3.08. The SMILES string of the molecule is O=C(NCCc1ccccc1)[C@H]1CCCN(C(=O)CCc2c[nH]c3ccccc23)C1. The molecule has 2 heterocycles. The van der Waals surface area contributed by atoms with Crippen molar-refractivity contribution in [3.63, 3.8) is 0 Å². The Morgan fingerprint density at radius 1 is 1.03 bits per heavy atom. The first-order valence-corrected chi connectivity index (χ1v) is 10.8. The van der Waals surface area contributed by atoms with E-state index in [1.807, 2.05) is 47.5 Å². The highest BCUT2D eigenvalue weighted by Crippen LogP contribution is 2.21. The second-order valence-electron chi connectivity index (χ2n) is 8.07. The van der Waals surface area contributed by atoms with Crippen molar-refractivity contribution in [2.45, 2.75) is 32.1 Å². The zero-order valence-corrected chi connectivity index (χ0v) is 17.3. The predicted molar refractivity (Wildman–Crippen MR) is 119 cm³/mol. The third-order valence-electron chi connectivity index (χ3n) is 5.98. The van der Waals surface area contributed by atoms with Crippen LogP contribution in [0.25, 0.3) is 10.9 Å². The summed E-state index contributed by atoms with van der Waals surface area (Å²) in [6, 6.07) is 18.3. The van der Waals surface area contributed by atoms with E-state index in [0.717, 1.165) is 31.3 Å². The van der Waals surface area contributed by atoms with E-state index in [0.29, 0.717) is 25.9 Å². The van der Waals surface area contributed by atoms with Gasteiger partial charge in [-0.2, -0.15) is 0 Å². The van der Waals surface area contributed by atoms with E-state index in [9.17, 15) is 9.59 Å². The number of aryl methyl sites for hydroxylation is 1. The van der Waals surface area contributed by atoms with Crippen molar-refractivity contribution in [3.8, 4) is 0 Å². The number of aromatic nitrogens is 1. The summed E-state index contributed by atoms with van der Waals surface area (Å²) in [4.78, 5) is 30.5. The van der Waals surface area contributed by atoms with Crippen LogP contribution in [0.15, 0.2) is 60.8 Å². The molecule has 5 heteroatoms. The van der Waals surface area contributed by atoms with Gasteiger partial charge in [-0.15, -0.1) is 0 Å². The van der Waals surface area contributed by atoms with Gasteiger partial charge in [-0.3, -0.25) is 9.59 Å². The number of likely N-dealkylation sites (tertiary alicyclic amines) is 1. The molecule has 30 heavy (non-hydrogen) atoms. The summed E-state index contributed by atoms with van der Waals surface area (Å²) in [5.41, 5.74) is 3.49. The molecule has 1 aromatic heterocycles. The Bertz CT molecular complexity index is 996. The first kappa shape index (κ1) is 20.2. The number of aromatic amines is 1. The standard InChI is InChI=1S/C25H29N3O2/c29-24(13-12-20-17-27-23-11-5-4-10-22(20)23)28-16-6-9-21(18-28)25(30)26-15-14-19-7-2-1-3-8-19/h1-5,7-8,10-11,17,21,27H,6,9,12-16,18H2,(H,26,30)/t21-/m0/s1. The molecular weight excluding hydrogens is 374 g/mol. The second-order valence-corrected chi connectivity index (χ2v) is 8.07. The Labute approximate surface area is 177 Å². The molecule has 0 saturated carbocycles. The minimum atomic E-state index is -0.105. The molecular formula is C25H29N3O2. The zero-order valence-electron chi connectivity index (χ0n) is 17.3. The van der Waals surface area contributed by atoms with Crippen LogP contribution in [0.2, 0.25) is 0 Å². The molecule has 1 atom stereocenters. The van der Waals surface area contributed by atoms with E-state index in [4.69, 9.17) is 0 Å². The summed E-state index contributed by atoms with van der Waals surface area (Å²) >= 11 is 0. The van der Waals surface area contributed by atoms with Crippen LogP contribution in [-0.2, 0) is 22.4 Å². The first-order chi connectivity index (χ1) is 14.7. The van der Waals surface area contributed by atoms with Crippen molar-refractivity contribution in [1.82, 2.24) is 15.2 Å². The highest BCUT2D eigenvalue weighted by atomic mass is 16.2. The van der Waals surface area contributed by atoms with Crippen molar-refractivity contribution >= 4 is 22.7 Å². The number of nitrogens with one attached hydrogen (secondary N) is 2. The van der Waals surface area contributed by atoms with Gasteiger partial charge in [0.15, 0.2) is 0 Å². The number of H-pyrrole nitrogens is 1. The molecule has 0 bridgehead atoms. The molecule has 1 aliphatic rings. The second kappa shape index (κ2) is 9.61. The van der Waals surface area contributed by atoms with Gasteiger partial charge in [0.05, 0.1) is 5.92 Å². The van der Waals surface area contributed by atoms with Gasteiger partial charge in [-0.05, 0) is 42.9 Å². The van der Waals surface area contributed by atoms with Crippen LogP contribution < -0.4 is 5.32 Å². The first-order valence-electron chi connectivity index (χ1n) is 10.8. The van der Waals surface area contributed by atoms with Crippen LogP contribution in [-0.4, -0.2) is 41.3 Å². The maximum absolute atomic E-state index is 12.8. The quantitative estimate of drug-likeness (QED) is 0.632. The molecule has 0 spiro atoms. The average molecular weight is 404 g/mol. The van der Waals surface area contributed by atoms with Crippen LogP contribution >= 0.6 is 0 Å². The van der Waals surface area contributed by atoms with E-state index >= 15 is 0 Å². The van der Waals surface area contributed by atoms with E-state index in [1.54, 1.807) is 0 Å². The predicted octanol–water partition coefficient (Wildman–Crippen LogP) is 3.70. The number of rotatable bonds is 7. The summed E-state index contributed by atoms with van der Waals surface area (Å²) in [5, 5.41) is 4.23. The molecule has 0 radical (unpaired) electrons. The van der Waals surface area contributed by atoms with Gasteiger partial charge in [-0.1, -0.05) is 48.5 Å². The Kier molecular flexibility index (Phi) is 6.47. The minimum Gasteiger partial charge on any atom is -0.361 e. The highest BCUT2D eigenvalue weighted by molar-refractivity contribution is 5.84. The molecule has 1 aliphatic heterocycles. The summed E-state index contributed by atoms with van der Waals surface area (Å²) in [6.45, 7) is 1.91. The van der Waals surface area contributed by atoms with Crippen LogP contribution in [0.4, 0.5) is 0 Å². The van der Waals surface area contributed by atoms with Gasteiger partial charge in [0, 0.05) is 43.2 Å². The number of hydrogen-bond acceptors (Lipinski definition) is 2. The average Bonchev–Trinajstić information content (AvgIpc) is 3.21. The molecule has 1 saturated heterocycles. The van der Waals surface area contributed by atoms with Crippen molar-refractivity contribution in [1.29, 1.82) is 0 Å². The fourth-order valence-corrected chi connectivity index (χ4v) is 4.27. The number of fused-ring (bicyclic) bond motifs is 1. The molecule has 156 valence electrons. The molecule has 2 amide bonds. The maximum Gasteiger partial charge on any atom is 0.224 e. The van der Waals surface area contributed by atoms with Crippen molar-refractivity contribution < 1.29 is 9.59 Å². The molecule has 0 aliphatic carbocycles. The molecule has 5 nitrogen and oxygen atoms in total. The fourth-order valence-electron chi connectivity index (χ4n) is 4.27. The van der Waals surface area contributed by atoms with E-state index in [2.05, 4.69) is 28.5 Å². The zero-order chi connectivity index (χ0) is 20.8. The van der Waals surface area contributed by atoms with Crippen LogP contribution in [0.1, 0.15) is 30.4 Å². The summed E-state index contributed by atoms with van der Waals surface area (Å²) in [7, 11) is 0. The van der Waals surface area contributed by atoms with Gasteiger partial charge in [0.25, 0.3) is 0 Å². The summed E-state index contributed by atoms with van der Waals surface area (Å²) in [5.74, 6) is 0.105. The van der Waals surface area contributed by atoms with Crippen LogP contribution in [0.3, 0.4) is 0 Å². The van der Waals surface area contributed by atoms with Gasteiger partial charge in [-0.25, -0.2) is 0 Å². The smallest absolute Gasteiger partial charge is 0.224 e. The van der Waals surface area contributed by atoms with Gasteiger partial charge >= 0.3 is 0 Å². The Morgan fingerprint density at radius 2 is 1.83 bits per heavy atom. The van der Waals surface area contributed by atoms with E-state index in [1.165, 1.54) is 16.5 Å². The molecule has 2 aromatic carbocycles. The third kappa shape index (κ3) is 4.90. The number of hydrogen-bond donors (Lipinski definition) is 2. The number of carbonyl (C=O) groups excluding carboxylic acids is 2. The van der Waals surface area contributed by atoms with Crippen molar-refractivity contribution in [2.24, 2.45) is 5.92 Å². The summed E-state index contributed by atoms with van der Waals surface area (Å²) in [6.07, 6.45) is 5.75. The number of para-hydroxylation sites is 1. The third-order valence-corrected chi connectivity index (χ3v) is 5.98. The largest absolute Gasteiger partial charge is 0.361 e. The minimum absolute atomic E-state index is 0.0695. The fraction of sp³-hybridized carbons (Fsp3) is 0.360. The van der Waals surface area contributed by atoms with E-state index < -0.39 is 0 Å². The van der Waals surface area contributed by atoms with Crippen molar-refractivity contribution in [3.05, 3.63) is 71.9 Å². The molecule has 3 aromatic rings. The monoisotopic (exact) mass is 403 g/mol. The van der Waals surface area contributed by atoms with Gasteiger partial charge in [0.1, 0.15) is 0 Å². The molecule has 4 rings (SSSR count). The lowest BCUT2D eigenvalue weighted by atomic mass is 9.96. The van der Waals surface area contributed by atoms with Gasteiger partial charge < -0.3 is 15.2 Å². The lowest BCUT2D eigenvalue weighted by Crippen LogP contribution is -2.45. The molecule has 0 unspecified atom stereocenters. The Morgan fingerprint density at radius 3 is 2.70 bits per heavy atom. The number of piperidine rings is 1. The Balaban J connectivity index is 1.25. The van der Waals surface area contributed by atoms with Gasteiger partial charge in [0.2, 0.25) is 11.8 Å². The lowest BCUT2D eigenvalue weighted by Gasteiger charge is -2.32. The van der Waals surface area contributed by atoms with Crippen LogP contribution in [0, 0.1) is 5.92 Å². The number of carbonyl (C=O) groups is 2. The molecule has 2 N–H and O–H groups in total. The highest BCUT2D eigenvalue weighted by Gasteiger charge is 2.28. The van der Waals surface area contributed by atoms with E-state index in [-0.39, 0.29) is 17.7 Å².